The van der Waals surface area contributed by atoms with Gasteiger partial charge in [0.15, 0.2) is 0 Å². The van der Waals surface area contributed by atoms with Crippen molar-refractivity contribution in [3.63, 3.8) is 0 Å². The number of morpholine rings is 1. The van der Waals surface area contributed by atoms with Crippen molar-refractivity contribution in [2.75, 3.05) is 42.3 Å². The van der Waals surface area contributed by atoms with Crippen molar-refractivity contribution in [2.45, 2.75) is 0 Å². The topological polar surface area (TPSA) is 89.2 Å². The lowest BCUT2D eigenvalue weighted by atomic mass is 10.4. The van der Waals surface area contributed by atoms with E-state index in [0.717, 1.165) is 18.8 Å². The van der Waals surface area contributed by atoms with Crippen molar-refractivity contribution in [1.82, 2.24) is 15.0 Å². The summed E-state index contributed by atoms with van der Waals surface area (Å²) in [6.45, 7) is 2.92. The van der Waals surface area contributed by atoms with Crippen LogP contribution in [0.4, 0.5) is 23.3 Å². The number of anilines is 4. The Morgan fingerprint density at radius 3 is 2.65 bits per heavy atom. The first kappa shape index (κ1) is 12.6. The van der Waals surface area contributed by atoms with E-state index in [4.69, 9.17) is 10.5 Å². The van der Waals surface area contributed by atoms with Gasteiger partial charge in [0.1, 0.15) is 11.6 Å². The van der Waals surface area contributed by atoms with Crippen molar-refractivity contribution >= 4 is 23.3 Å². The average molecular weight is 272 g/mol. The van der Waals surface area contributed by atoms with Gasteiger partial charge in [-0.25, -0.2) is 0 Å². The summed E-state index contributed by atoms with van der Waals surface area (Å²) in [4.78, 5) is 14.8. The minimum Gasteiger partial charge on any atom is -0.383 e. The molecule has 0 radical (unpaired) electrons. The van der Waals surface area contributed by atoms with Gasteiger partial charge in [0.05, 0.1) is 13.2 Å². The van der Waals surface area contributed by atoms with Crippen LogP contribution in [-0.4, -0.2) is 41.3 Å². The molecule has 0 atom stereocenters. The molecule has 7 nitrogen and oxygen atoms in total. The second-order valence-corrected chi connectivity index (χ2v) is 4.44. The lowest BCUT2D eigenvalue weighted by Crippen LogP contribution is -2.37. The summed E-state index contributed by atoms with van der Waals surface area (Å²) in [5.74, 6) is 1.74. The monoisotopic (exact) mass is 272 g/mol. The molecule has 0 bridgehead atoms. The molecular weight excluding hydrogens is 256 g/mol. The maximum Gasteiger partial charge on any atom is 0.229 e. The van der Waals surface area contributed by atoms with Gasteiger partial charge < -0.3 is 20.7 Å². The maximum atomic E-state index is 5.86. The highest BCUT2D eigenvalue weighted by Gasteiger charge is 2.15. The largest absolute Gasteiger partial charge is 0.383 e. The Labute approximate surface area is 116 Å². The molecule has 3 heterocycles. The van der Waals surface area contributed by atoms with Gasteiger partial charge in [-0.05, 0) is 12.1 Å². The molecule has 1 fully saturated rings. The van der Waals surface area contributed by atoms with Crippen LogP contribution in [-0.2, 0) is 4.74 Å². The molecule has 0 unspecified atom stereocenters. The number of nitrogens with one attached hydrogen (secondary N) is 1. The third-order valence-corrected chi connectivity index (χ3v) is 2.98. The third-order valence-electron chi connectivity index (χ3n) is 2.98. The highest BCUT2D eigenvalue weighted by atomic mass is 16.5. The lowest BCUT2D eigenvalue weighted by molar-refractivity contribution is 0.122. The molecule has 7 heteroatoms. The van der Waals surface area contributed by atoms with Crippen LogP contribution in [0, 0.1) is 0 Å². The molecule has 104 valence electrons. The van der Waals surface area contributed by atoms with E-state index in [2.05, 4.69) is 25.2 Å². The number of pyridine rings is 1. The summed E-state index contributed by atoms with van der Waals surface area (Å²) in [5.41, 5.74) is 6.77. The molecule has 0 saturated carbocycles. The molecule has 0 aromatic carbocycles. The number of nitrogens with zero attached hydrogens (tertiary/aromatic N) is 4. The fourth-order valence-corrected chi connectivity index (χ4v) is 2.00. The van der Waals surface area contributed by atoms with Crippen LogP contribution in [0.1, 0.15) is 0 Å². The molecule has 20 heavy (non-hydrogen) atoms. The Hall–Kier alpha value is -2.41. The van der Waals surface area contributed by atoms with Gasteiger partial charge in [0, 0.05) is 37.2 Å². The molecule has 1 aliphatic heterocycles. The molecule has 1 saturated heterocycles. The second kappa shape index (κ2) is 5.70. The first-order chi connectivity index (χ1) is 9.81. The number of ether oxygens (including phenoxy) is 1. The van der Waals surface area contributed by atoms with E-state index in [-0.39, 0.29) is 0 Å². The zero-order valence-corrected chi connectivity index (χ0v) is 11.0. The number of hydrogen-bond acceptors (Lipinski definition) is 7. The molecule has 3 rings (SSSR count). The van der Waals surface area contributed by atoms with E-state index in [1.807, 2.05) is 12.1 Å². The number of nitrogen functional groups attached to an aromatic ring is 1. The van der Waals surface area contributed by atoms with E-state index >= 15 is 0 Å². The van der Waals surface area contributed by atoms with E-state index in [1.54, 1.807) is 18.5 Å². The minimum absolute atomic E-state index is 0.443. The highest BCUT2D eigenvalue weighted by Crippen LogP contribution is 2.19. The number of nitrogens with two attached hydrogens (primary N) is 1. The Balaban J connectivity index is 1.82. The Kier molecular flexibility index (Phi) is 3.60. The van der Waals surface area contributed by atoms with E-state index in [9.17, 15) is 0 Å². The van der Waals surface area contributed by atoms with Gasteiger partial charge in [-0.3, -0.25) is 4.98 Å². The van der Waals surface area contributed by atoms with Crippen LogP contribution < -0.4 is 16.0 Å². The summed E-state index contributed by atoms with van der Waals surface area (Å²) in [6, 6.07) is 5.45. The molecule has 0 spiro atoms. The molecule has 0 aliphatic carbocycles. The van der Waals surface area contributed by atoms with E-state index in [1.165, 1.54) is 0 Å². The molecule has 0 amide bonds. The normalized spacial score (nSPS) is 15.1. The average Bonchev–Trinajstić information content (AvgIpc) is 2.49. The maximum absolute atomic E-state index is 5.86. The van der Waals surface area contributed by atoms with Crippen LogP contribution in [0.25, 0.3) is 0 Å². The SMILES string of the molecule is Nc1cc(Nc2ccncc2)nc(N2CCOCC2)n1. The summed E-state index contributed by atoms with van der Waals surface area (Å²) >= 11 is 0. The molecular formula is C13H16N6O. The van der Waals surface area contributed by atoms with Crippen LogP contribution in [0.15, 0.2) is 30.6 Å². The Morgan fingerprint density at radius 2 is 1.90 bits per heavy atom. The molecule has 2 aromatic rings. The smallest absolute Gasteiger partial charge is 0.229 e. The summed E-state index contributed by atoms with van der Waals surface area (Å²) in [6.07, 6.45) is 3.44. The van der Waals surface area contributed by atoms with Crippen LogP contribution in [0.3, 0.4) is 0 Å². The van der Waals surface area contributed by atoms with Crippen molar-refractivity contribution in [3.05, 3.63) is 30.6 Å². The van der Waals surface area contributed by atoms with Gasteiger partial charge in [0.25, 0.3) is 0 Å². The van der Waals surface area contributed by atoms with Gasteiger partial charge in [-0.1, -0.05) is 0 Å². The highest BCUT2D eigenvalue weighted by molar-refractivity contribution is 5.60. The molecule has 2 aromatic heterocycles. The zero-order chi connectivity index (χ0) is 13.8. The molecule has 1 aliphatic rings. The standard InChI is InChI=1S/C13H16N6O/c14-11-9-12(16-10-1-3-15-4-2-10)18-13(17-11)19-5-7-20-8-6-19/h1-4,9H,5-8H2,(H3,14,15,16,17,18). The van der Waals surface area contributed by atoms with Crippen LogP contribution in [0.2, 0.25) is 0 Å². The lowest BCUT2D eigenvalue weighted by Gasteiger charge is -2.27. The zero-order valence-electron chi connectivity index (χ0n) is 11.0. The first-order valence-electron chi connectivity index (χ1n) is 6.45. The fraction of sp³-hybridized carbons (Fsp3) is 0.308. The van der Waals surface area contributed by atoms with Crippen molar-refractivity contribution in [3.8, 4) is 0 Å². The van der Waals surface area contributed by atoms with Crippen molar-refractivity contribution in [1.29, 1.82) is 0 Å². The van der Waals surface area contributed by atoms with Crippen LogP contribution >= 0.6 is 0 Å². The van der Waals surface area contributed by atoms with E-state index < -0.39 is 0 Å². The van der Waals surface area contributed by atoms with Gasteiger partial charge in [0.2, 0.25) is 5.95 Å². The fourth-order valence-electron chi connectivity index (χ4n) is 2.00. The summed E-state index contributed by atoms with van der Waals surface area (Å²) in [7, 11) is 0. The predicted octanol–water partition coefficient (Wildman–Crippen LogP) is 1.03. The van der Waals surface area contributed by atoms with E-state index in [0.29, 0.717) is 30.8 Å². The van der Waals surface area contributed by atoms with Crippen LogP contribution in [0.5, 0.6) is 0 Å². The Morgan fingerprint density at radius 1 is 1.15 bits per heavy atom. The number of rotatable bonds is 3. The number of hydrogen-bond donors (Lipinski definition) is 2. The Bertz CT molecular complexity index is 570. The molecule has 3 N–H and O–H groups in total. The van der Waals surface area contributed by atoms with Crippen molar-refractivity contribution in [2.24, 2.45) is 0 Å². The van der Waals surface area contributed by atoms with Crippen molar-refractivity contribution < 1.29 is 4.74 Å². The summed E-state index contributed by atoms with van der Waals surface area (Å²) < 4.78 is 5.33. The minimum atomic E-state index is 0.443. The van der Waals surface area contributed by atoms with Gasteiger partial charge in [-0.15, -0.1) is 0 Å². The third kappa shape index (κ3) is 2.94. The second-order valence-electron chi connectivity index (χ2n) is 4.44. The predicted molar refractivity (Wildman–Crippen MR) is 77.0 cm³/mol. The quantitative estimate of drug-likeness (QED) is 0.862. The first-order valence-corrected chi connectivity index (χ1v) is 6.45. The summed E-state index contributed by atoms with van der Waals surface area (Å²) in [5, 5.41) is 3.20. The van der Waals surface area contributed by atoms with Gasteiger partial charge in [-0.2, -0.15) is 9.97 Å². The number of aromatic nitrogens is 3. The van der Waals surface area contributed by atoms with Gasteiger partial charge >= 0.3 is 0 Å².